The van der Waals surface area contributed by atoms with E-state index < -0.39 is 0 Å². The Hall–Kier alpha value is -2.08. The Labute approximate surface area is 105 Å². The molecule has 0 saturated carbocycles. The normalized spacial score (nSPS) is 10.6. The summed E-state index contributed by atoms with van der Waals surface area (Å²) in [5, 5.41) is 16.5. The lowest BCUT2D eigenvalue weighted by Gasteiger charge is -2.06. The summed E-state index contributed by atoms with van der Waals surface area (Å²) in [6.07, 6.45) is 0. The Morgan fingerprint density at radius 1 is 1.39 bits per heavy atom. The summed E-state index contributed by atoms with van der Waals surface area (Å²) < 4.78 is 10.3. The van der Waals surface area contributed by atoms with E-state index in [4.69, 9.17) is 9.47 Å². The van der Waals surface area contributed by atoms with Crippen LogP contribution in [0.3, 0.4) is 0 Å². The molecular weight excluding hydrogens is 234 g/mol. The number of phenols is 1. The van der Waals surface area contributed by atoms with Crippen LogP contribution in [0, 0.1) is 0 Å². The summed E-state index contributed by atoms with van der Waals surface area (Å²) in [4.78, 5) is 4.27. The van der Waals surface area contributed by atoms with Crippen molar-refractivity contribution in [3.8, 4) is 22.9 Å². The average Bonchev–Trinajstić information content (AvgIpc) is 2.81. The van der Waals surface area contributed by atoms with E-state index >= 15 is 0 Å². The second-order valence-corrected chi connectivity index (χ2v) is 3.65. The minimum absolute atomic E-state index is 0.105. The molecule has 2 N–H and O–H groups in total. The Kier molecular flexibility index (Phi) is 3.78. The van der Waals surface area contributed by atoms with E-state index in [-0.39, 0.29) is 5.75 Å². The molecule has 0 atom stereocenters. The molecule has 0 aliphatic carbocycles. The zero-order valence-electron chi connectivity index (χ0n) is 10.3. The summed E-state index contributed by atoms with van der Waals surface area (Å²) >= 11 is 0. The van der Waals surface area contributed by atoms with Crippen LogP contribution in [-0.2, 0) is 11.3 Å². The van der Waals surface area contributed by atoms with Crippen molar-refractivity contribution in [3.05, 3.63) is 24.0 Å². The van der Waals surface area contributed by atoms with Gasteiger partial charge in [0, 0.05) is 12.7 Å². The van der Waals surface area contributed by atoms with Gasteiger partial charge >= 0.3 is 0 Å². The van der Waals surface area contributed by atoms with Gasteiger partial charge in [0.05, 0.1) is 6.61 Å². The van der Waals surface area contributed by atoms with Crippen LogP contribution in [0.25, 0.3) is 11.4 Å². The number of H-pyrrole nitrogens is 1. The maximum atomic E-state index is 9.61. The zero-order valence-corrected chi connectivity index (χ0v) is 10.3. The standard InChI is InChI=1S/C12H15N3O3/c1-3-18-10-6-8(4-5-9(10)16)12-13-11(7-17-2)14-15-12/h4-6,16H,3,7H2,1-2H3,(H,13,14,15). The molecule has 0 aliphatic heterocycles. The van der Waals surface area contributed by atoms with Crippen molar-refractivity contribution in [3.63, 3.8) is 0 Å². The predicted molar refractivity (Wildman–Crippen MR) is 65.4 cm³/mol. The first kappa shape index (κ1) is 12.4. The number of nitrogens with zero attached hydrogens (tertiary/aromatic N) is 2. The highest BCUT2D eigenvalue weighted by Crippen LogP contribution is 2.30. The number of hydrogen-bond acceptors (Lipinski definition) is 5. The number of aromatic amines is 1. The molecule has 0 spiro atoms. The topological polar surface area (TPSA) is 80.3 Å². The second-order valence-electron chi connectivity index (χ2n) is 3.65. The van der Waals surface area contributed by atoms with Gasteiger partial charge in [0.2, 0.25) is 0 Å². The first-order valence-electron chi connectivity index (χ1n) is 5.61. The molecule has 0 fully saturated rings. The van der Waals surface area contributed by atoms with Crippen molar-refractivity contribution in [2.75, 3.05) is 13.7 Å². The van der Waals surface area contributed by atoms with E-state index in [2.05, 4.69) is 15.2 Å². The number of phenolic OH excluding ortho intramolecular Hbond substituents is 1. The van der Waals surface area contributed by atoms with Crippen LogP contribution in [-0.4, -0.2) is 34.0 Å². The fourth-order valence-corrected chi connectivity index (χ4v) is 1.55. The number of benzene rings is 1. The Morgan fingerprint density at radius 3 is 2.94 bits per heavy atom. The van der Waals surface area contributed by atoms with E-state index in [9.17, 15) is 5.11 Å². The minimum atomic E-state index is 0.105. The van der Waals surface area contributed by atoms with Gasteiger partial charge in [-0.15, -0.1) is 0 Å². The van der Waals surface area contributed by atoms with Gasteiger partial charge in [0.25, 0.3) is 0 Å². The third-order valence-electron chi connectivity index (χ3n) is 2.33. The third-order valence-corrected chi connectivity index (χ3v) is 2.33. The molecule has 2 rings (SSSR count). The zero-order chi connectivity index (χ0) is 13.0. The van der Waals surface area contributed by atoms with Crippen LogP contribution in [0.1, 0.15) is 12.7 Å². The summed E-state index contributed by atoms with van der Waals surface area (Å²) in [7, 11) is 1.59. The molecule has 0 radical (unpaired) electrons. The molecule has 96 valence electrons. The highest BCUT2D eigenvalue weighted by Gasteiger charge is 2.09. The molecule has 6 heteroatoms. The fourth-order valence-electron chi connectivity index (χ4n) is 1.55. The second kappa shape index (κ2) is 5.50. The number of aromatic nitrogens is 3. The molecule has 1 heterocycles. The number of ether oxygens (including phenoxy) is 2. The van der Waals surface area contributed by atoms with Crippen LogP contribution in [0.15, 0.2) is 18.2 Å². The molecule has 1 aromatic heterocycles. The monoisotopic (exact) mass is 249 g/mol. The van der Waals surface area contributed by atoms with Crippen molar-refractivity contribution < 1.29 is 14.6 Å². The van der Waals surface area contributed by atoms with Crippen LogP contribution in [0.2, 0.25) is 0 Å². The van der Waals surface area contributed by atoms with E-state index in [0.717, 1.165) is 5.56 Å². The molecule has 0 saturated heterocycles. The number of methoxy groups -OCH3 is 1. The average molecular weight is 249 g/mol. The fraction of sp³-hybridized carbons (Fsp3) is 0.333. The van der Waals surface area contributed by atoms with Crippen molar-refractivity contribution >= 4 is 0 Å². The molecule has 1 aromatic carbocycles. The predicted octanol–water partition coefficient (Wildman–Crippen LogP) is 1.72. The van der Waals surface area contributed by atoms with Crippen LogP contribution >= 0.6 is 0 Å². The Balaban J connectivity index is 2.28. The lowest BCUT2D eigenvalue weighted by molar-refractivity contribution is 0.178. The molecule has 0 amide bonds. The summed E-state index contributed by atoms with van der Waals surface area (Å²) in [6, 6.07) is 5.00. The molecule has 2 aromatic rings. The maximum absolute atomic E-state index is 9.61. The minimum Gasteiger partial charge on any atom is -0.504 e. The third kappa shape index (κ3) is 2.60. The van der Waals surface area contributed by atoms with E-state index in [0.29, 0.717) is 30.6 Å². The number of rotatable bonds is 5. The quantitative estimate of drug-likeness (QED) is 0.843. The Morgan fingerprint density at radius 2 is 2.22 bits per heavy atom. The van der Waals surface area contributed by atoms with Gasteiger partial charge in [0.1, 0.15) is 6.61 Å². The molecule has 6 nitrogen and oxygen atoms in total. The van der Waals surface area contributed by atoms with Gasteiger partial charge in [-0.1, -0.05) is 0 Å². The van der Waals surface area contributed by atoms with Gasteiger partial charge in [-0.05, 0) is 25.1 Å². The lowest BCUT2D eigenvalue weighted by atomic mass is 10.2. The molecular formula is C12H15N3O3. The maximum Gasteiger partial charge on any atom is 0.181 e. The largest absolute Gasteiger partial charge is 0.504 e. The van der Waals surface area contributed by atoms with Crippen molar-refractivity contribution in [2.45, 2.75) is 13.5 Å². The van der Waals surface area contributed by atoms with Gasteiger partial charge in [-0.3, -0.25) is 5.10 Å². The van der Waals surface area contributed by atoms with Crippen LogP contribution in [0.4, 0.5) is 0 Å². The van der Waals surface area contributed by atoms with Gasteiger partial charge in [-0.2, -0.15) is 5.10 Å². The molecule has 0 unspecified atom stereocenters. The first-order valence-corrected chi connectivity index (χ1v) is 5.61. The van der Waals surface area contributed by atoms with Gasteiger partial charge in [0.15, 0.2) is 23.1 Å². The van der Waals surface area contributed by atoms with Crippen LogP contribution < -0.4 is 4.74 Å². The smallest absolute Gasteiger partial charge is 0.181 e. The van der Waals surface area contributed by atoms with E-state index in [1.54, 1.807) is 25.3 Å². The lowest BCUT2D eigenvalue weighted by Crippen LogP contribution is -1.93. The van der Waals surface area contributed by atoms with E-state index in [1.807, 2.05) is 6.92 Å². The first-order chi connectivity index (χ1) is 8.74. The number of nitrogens with one attached hydrogen (secondary N) is 1. The van der Waals surface area contributed by atoms with Gasteiger partial charge < -0.3 is 14.6 Å². The summed E-state index contributed by atoms with van der Waals surface area (Å²) in [5.41, 5.74) is 0.773. The summed E-state index contributed by atoms with van der Waals surface area (Å²) in [6.45, 7) is 2.72. The van der Waals surface area contributed by atoms with Crippen molar-refractivity contribution in [2.24, 2.45) is 0 Å². The molecule has 0 bridgehead atoms. The van der Waals surface area contributed by atoms with Gasteiger partial charge in [-0.25, -0.2) is 4.98 Å². The molecule has 18 heavy (non-hydrogen) atoms. The number of aromatic hydroxyl groups is 1. The van der Waals surface area contributed by atoms with Crippen molar-refractivity contribution in [1.82, 2.24) is 15.2 Å². The highest BCUT2D eigenvalue weighted by atomic mass is 16.5. The molecule has 0 aliphatic rings. The Bertz CT molecular complexity index is 525. The number of hydrogen-bond donors (Lipinski definition) is 2. The van der Waals surface area contributed by atoms with Crippen LogP contribution in [0.5, 0.6) is 11.5 Å². The SMILES string of the molecule is CCOc1cc(-c2n[nH]c(COC)n2)ccc1O. The van der Waals surface area contributed by atoms with E-state index in [1.165, 1.54) is 0 Å². The highest BCUT2D eigenvalue weighted by molar-refractivity contribution is 5.60. The summed E-state index contributed by atoms with van der Waals surface area (Å²) in [5.74, 6) is 1.72. The van der Waals surface area contributed by atoms with Crippen molar-refractivity contribution in [1.29, 1.82) is 0 Å².